The Morgan fingerprint density at radius 3 is 2.76 bits per heavy atom. The maximum Gasteiger partial charge on any atom is 0.340 e. The van der Waals surface area contributed by atoms with Gasteiger partial charge in [0.2, 0.25) is 11.8 Å². The van der Waals surface area contributed by atoms with Crippen LogP contribution in [0.2, 0.25) is 0 Å². The Bertz CT molecular complexity index is 1150. The van der Waals surface area contributed by atoms with Gasteiger partial charge in [-0.2, -0.15) is 0 Å². The highest BCUT2D eigenvalue weighted by Gasteiger charge is 2.60. The molecule has 2 aliphatic rings. The van der Waals surface area contributed by atoms with E-state index in [-0.39, 0.29) is 35.9 Å². The maximum atomic E-state index is 13.5. The maximum absolute atomic E-state index is 13.5. The SMILES string of the molecule is COC(=O)C1=C(N)Oc2cc(C)n(CCO)c(=O)c2[C@@]12C(=O)Nc1ccccc12. The number of nitrogens with one attached hydrogen (secondary N) is 1. The van der Waals surface area contributed by atoms with E-state index in [1.807, 2.05) is 0 Å². The van der Waals surface area contributed by atoms with Crippen molar-refractivity contribution in [2.75, 3.05) is 19.0 Å². The number of hydrogen-bond acceptors (Lipinski definition) is 7. The Morgan fingerprint density at radius 2 is 2.07 bits per heavy atom. The van der Waals surface area contributed by atoms with Crippen molar-refractivity contribution in [1.29, 1.82) is 0 Å². The van der Waals surface area contributed by atoms with Crippen LogP contribution < -0.4 is 21.3 Å². The average Bonchev–Trinajstić information content (AvgIpc) is 2.97. The first kappa shape index (κ1) is 18.8. The van der Waals surface area contributed by atoms with Crippen LogP contribution in [0.4, 0.5) is 5.69 Å². The van der Waals surface area contributed by atoms with Crippen molar-refractivity contribution >= 4 is 17.6 Å². The van der Waals surface area contributed by atoms with Gasteiger partial charge in [0, 0.05) is 29.6 Å². The van der Waals surface area contributed by atoms with Gasteiger partial charge in [-0.1, -0.05) is 18.2 Å². The zero-order chi connectivity index (χ0) is 20.9. The molecule has 1 aromatic heterocycles. The van der Waals surface area contributed by atoms with Crippen LogP contribution in [0.15, 0.2) is 46.6 Å². The number of pyridine rings is 1. The van der Waals surface area contributed by atoms with Crippen LogP contribution in [0.1, 0.15) is 16.8 Å². The third-order valence-electron chi connectivity index (χ3n) is 5.32. The number of methoxy groups -OCH3 is 1. The van der Waals surface area contributed by atoms with Gasteiger partial charge in [0.05, 0.1) is 19.3 Å². The molecule has 0 saturated carbocycles. The number of anilines is 1. The molecule has 0 radical (unpaired) electrons. The molecule has 4 N–H and O–H groups in total. The van der Waals surface area contributed by atoms with Crippen molar-refractivity contribution in [3.05, 3.63) is 69.0 Å². The van der Waals surface area contributed by atoms with E-state index in [1.165, 1.54) is 4.57 Å². The number of nitrogens with two attached hydrogens (primary N) is 1. The summed E-state index contributed by atoms with van der Waals surface area (Å²) >= 11 is 0. The summed E-state index contributed by atoms with van der Waals surface area (Å²) < 4.78 is 11.8. The van der Waals surface area contributed by atoms with Crippen LogP contribution in [0.25, 0.3) is 0 Å². The van der Waals surface area contributed by atoms with Crippen molar-refractivity contribution in [2.45, 2.75) is 18.9 Å². The molecule has 0 unspecified atom stereocenters. The second-order valence-electron chi connectivity index (χ2n) is 6.79. The van der Waals surface area contributed by atoms with E-state index in [2.05, 4.69) is 5.32 Å². The first-order valence-corrected chi connectivity index (χ1v) is 8.91. The van der Waals surface area contributed by atoms with Crippen molar-refractivity contribution in [3.63, 3.8) is 0 Å². The fourth-order valence-corrected chi connectivity index (χ4v) is 4.13. The number of para-hydroxylation sites is 1. The molecule has 0 fully saturated rings. The monoisotopic (exact) mass is 397 g/mol. The molecule has 9 nitrogen and oxygen atoms in total. The third-order valence-corrected chi connectivity index (χ3v) is 5.32. The summed E-state index contributed by atoms with van der Waals surface area (Å²) in [7, 11) is 1.16. The van der Waals surface area contributed by atoms with E-state index < -0.39 is 22.9 Å². The van der Waals surface area contributed by atoms with E-state index >= 15 is 0 Å². The number of fused-ring (bicyclic) bond motifs is 4. The molecule has 29 heavy (non-hydrogen) atoms. The lowest BCUT2D eigenvalue weighted by atomic mass is 9.68. The highest BCUT2D eigenvalue weighted by Crippen LogP contribution is 2.52. The number of nitrogens with zero attached hydrogens (tertiary/aromatic N) is 1. The number of aliphatic hydroxyl groups excluding tert-OH is 1. The molecule has 1 atom stereocenters. The topological polar surface area (TPSA) is 133 Å². The van der Waals surface area contributed by atoms with Gasteiger partial charge in [0.1, 0.15) is 16.7 Å². The minimum Gasteiger partial charge on any atom is -0.465 e. The molecule has 0 aliphatic carbocycles. The molecule has 3 heterocycles. The molecule has 0 saturated heterocycles. The van der Waals surface area contributed by atoms with Gasteiger partial charge < -0.3 is 30.2 Å². The number of carbonyl (C=O) groups is 2. The molecule has 1 spiro atoms. The molecule has 2 aliphatic heterocycles. The quantitative estimate of drug-likeness (QED) is 0.627. The number of amides is 1. The van der Waals surface area contributed by atoms with Gasteiger partial charge >= 0.3 is 5.97 Å². The average molecular weight is 397 g/mol. The number of rotatable bonds is 3. The summed E-state index contributed by atoms with van der Waals surface area (Å²) in [4.78, 5) is 39.6. The Hall–Kier alpha value is -3.59. The largest absolute Gasteiger partial charge is 0.465 e. The molecule has 9 heteroatoms. The fraction of sp³-hybridized carbons (Fsp3) is 0.250. The van der Waals surface area contributed by atoms with Crippen LogP contribution in [0.3, 0.4) is 0 Å². The highest BCUT2D eigenvalue weighted by atomic mass is 16.5. The normalized spacial score (nSPS) is 19.5. The van der Waals surface area contributed by atoms with E-state index in [9.17, 15) is 19.5 Å². The van der Waals surface area contributed by atoms with Gasteiger partial charge in [-0.3, -0.25) is 9.59 Å². The summed E-state index contributed by atoms with van der Waals surface area (Å²) in [6, 6.07) is 8.30. The molecule has 4 rings (SSSR count). The smallest absolute Gasteiger partial charge is 0.340 e. The van der Waals surface area contributed by atoms with Gasteiger partial charge in [-0.05, 0) is 13.0 Å². The van der Waals surface area contributed by atoms with Gasteiger partial charge in [-0.25, -0.2) is 4.79 Å². The molecule has 150 valence electrons. The van der Waals surface area contributed by atoms with Crippen molar-refractivity contribution < 1.29 is 24.2 Å². The van der Waals surface area contributed by atoms with E-state index in [1.54, 1.807) is 37.3 Å². The number of benzene rings is 1. The summed E-state index contributed by atoms with van der Waals surface area (Å²) in [6.45, 7) is 1.41. The molecular formula is C20H19N3O6. The Kier molecular flexibility index (Phi) is 4.20. The summed E-state index contributed by atoms with van der Waals surface area (Å²) in [5.74, 6) is -1.72. The predicted molar refractivity (Wildman–Crippen MR) is 102 cm³/mol. The second-order valence-corrected chi connectivity index (χ2v) is 6.79. The van der Waals surface area contributed by atoms with E-state index in [4.69, 9.17) is 15.2 Å². The first-order chi connectivity index (χ1) is 13.9. The molecule has 2 aromatic rings. The lowest BCUT2D eigenvalue weighted by Crippen LogP contribution is -2.50. The molecular weight excluding hydrogens is 378 g/mol. The molecule has 1 aromatic carbocycles. The van der Waals surface area contributed by atoms with Gasteiger partial charge in [0.15, 0.2) is 0 Å². The van der Waals surface area contributed by atoms with Crippen LogP contribution in [0, 0.1) is 6.92 Å². The Balaban J connectivity index is 2.19. The minimum atomic E-state index is -1.83. The standard InChI is InChI=1S/C20H19N3O6/c1-10-9-13-14(17(25)23(10)7-8-24)20(15(16(21)29-13)18(26)28-2)11-5-3-4-6-12(11)22-19(20)27/h3-6,9,24H,7-8,21H2,1-2H3,(H,22,27)/t20-/m1/s1. The summed E-state index contributed by atoms with van der Waals surface area (Å²) in [5, 5.41) is 12.1. The molecule has 0 bridgehead atoms. The van der Waals surface area contributed by atoms with Crippen LogP contribution in [0.5, 0.6) is 5.75 Å². The highest BCUT2D eigenvalue weighted by molar-refractivity contribution is 6.17. The summed E-state index contributed by atoms with van der Waals surface area (Å²) in [5.41, 5.74) is 4.74. The number of carbonyl (C=O) groups excluding carboxylic acids is 2. The fourth-order valence-electron chi connectivity index (χ4n) is 4.13. The number of hydrogen-bond donors (Lipinski definition) is 3. The van der Waals surface area contributed by atoms with Gasteiger partial charge in [-0.15, -0.1) is 0 Å². The van der Waals surface area contributed by atoms with Crippen LogP contribution in [-0.2, 0) is 26.3 Å². The van der Waals surface area contributed by atoms with Crippen LogP contribution in [-0.4, -0.2) is 35.3 Å². The van der Waals surface area contributed by atoms with Crippen molar-refractivity contribution in [3.8, 4) is 5.75 Å². The number of aryl methyl sites for hydroxylation is 1. The number of aliphatic hydroxyl groups is 1. The van der Waals surface area contributed by atoms with Crippen LogP contribution >= 0.6 is 0 Å². The predicted octanol–water partition coefficient (Wildman–Crippen LogP) is 0.123. The van der Waals surface area contributed by atoms with Crippen molar-refractivity contribution in [2.24, 2.45) is 5.73 Å². The van der Waals surface area contributed by atoms with E-state index in [0.29, 0.717) is 16.9 Å². The zero-order valence-corrected chi connectivity index (χ0v) is 15.8. The lowest BCUT2D eigenvalue weighted by molar-refractivity contribution is -0.138. The first-order valence-electron chi connectivity index (χ1n) is 8.91. The zero-order valence-electron chi connectivity index (χ0n) is 15.8. The molecule has 1 amide bonds. The number of aromatic nitrogens is 1. The van der Waals surface area contributed by atoms with E-state index in [0.717, 1.165) is 7.11 Å². The second kappa shape index (κ2) is 6.49. The number of esters is 1. The summed E-state index contributed by atoms with van der Waals surface area (Å²) in [6.07, 6.45) is 0. The lowest BCUT2D eigenvalue weighted by Gasteiger charge is -2.35. The minimum absolute atomic E-state index is 0.0179. The number of ether oxygens (including phenoxy) is 2. The van der Waals surface area contributed by atoms with Gasteiger partial charge in [0.25, 0.3) is 5.56 Å². The third kappa shape index (κ3) is 2.34. The van der Waals surface area contributed by atoms with Crippen molar-refractivity contribution in [1.82, 2.24) is 4.57 Å². The Labute approximate surface area is 165 Å². The Morgan fingerprint density at radius 1 is 1.34 bits per heavy atom.